The zero-order valence-corrected chi connectivity index (χ0v) is 15.8. The van der Waals surface area contributed by atoms with Gasteiger partial charge in [0.2, 0.25) is 0 Å². The number of nitrogens with zero attached hydrogens (tertiary/aromatic N) is 4. The Morgan fingerprint density at radius 1 is 1.15 bits per heavy atom. The van der Waals surface area contributed by atoms with Crippen molar-refractivity contribution in [2.75, 3.05) is 32.8 Å². The number of aliphatic hydroxyl groups excluding tert-OH is 1. The minimum absolute atomic E-state index is 0.0834. The zero-order valence-electron chi connectivity index (χ0n) is 15.8. The van der Waals surface area contributed by atoms with E-state index in [2.05, 4.69) is 14.8 Å². The summed E-state index contributed by atoms with van der Waals surface area (Å²) in [6.45, 7) is 4.75. The predicted octanol–water partition coefficient (Wildman–Crippen LogP) is 1.98. The monoisotopic (exact) mass is 368 g/mol. The molecule has 3 aliphatic heterocycles. The van der Waals surface area contributed by atoms with Gasteiger partial charge in [-0.15, -0.1) is 0 Å². The van der Waals surface area contributed by atoms with Gasteiger partial charge in [0.25, 0.3) is 5.91 Å². The molecule has 27 heavy (non-hydrogen) atoms. The Hall–Kier alpha value is -1.92. The summed E-state index contributed by atoms with van der Waals surface area (Å²) in [6.07, 6.45) is 6.99. The van der Waals surface area contributed by atoms with Gasteiger partial charge in [-0.25, -0.2) is 4.98 Å². The van der Waals surface area contributed by atoms with Crippen LogP contribution >= 0.6 is 0 Å². The molecule has 3 saturated heterocycles. The summed E-state index contributed by atoms with van der Waals surface area (Å²) >= 11 is 0. The van der Waals surface area contributed by atoms with Gasteiger partial charge in [-0.2, -0.15) is 0 Å². The molecule has 4 heterocycles. The summed E-state index contributed by atoms with van der Waals surface area (Å²) in [7, 11) is 0. The van der Waals surface area contributed by atoms with Crippen molar-refractivity contribution in [3.05, 3.63) is 30.1 Å². The van der Waals surface area contributed by atoms with Gasteiger partial charge >= 0.3 is 0 Å². The maximum absolute atomic E-state index is 13.2. The van der Waals surface area contributed by atoms with Crippen LogP contribution in [0.5, 0.6) is 0 Å². The number of fused-ring (bicyclic) bond motifs is 5. The van der Waals surface area contributed by atoms with E-state index in [1.165, 1.54) is 32.2 Å². The molecule has 2 aromatic rings. The molecule has 4 fully saturated rings. The summed E-state index contributed by atoms with van der Waals surface area (Å²) in [4.78, 5) is 22.4. The molecule has 6 heteroatoms. The Morgan fingerprint density at radius 2 is 2.04 bits per heavy atom. The van der Waals surface area contributed by atoms with Crippen LogP contribution in [-0.4, -0.2) is 69.2 Å². The highest BCUT2D eigenvalue weighted by Crippen LogP contribution is 2.35. The van der Waals surface area contributed by atoms with Gasteiger partial charge in [-0.3, -0.25) is 9.69 Å². The molecule has 2 unspecified atom stereocenters. The van der Waals surface area contributed by atoms with E-state index in [0.717, 1.165) is 42.1 Å². The fraction of sp³-hybridized carbons (Fsp3) is 0.619. The lowest BCUT2D eigenvalue weighted by molar-refractivity contribution is 0.0737. The highest BCUT2D eigenvalue weighted by molar-refractivity contribution is 5.97. The first kappa shape index (κ1) is 17.2. The van der Waals surface area contributed by atoms with E-state index in [0.29, 0.717) is 18.5 Å². The van der Waals surface area contributed by atoms with Gasteiger partial charge < -0.3 is 14.6 Å². The molecule has 6 rings (SSSR count). The van der Waals surface area contributed by atoms with E-state index in [1.807, 2.05) is 22.8 Å². The van der Waals surface area contributed by atoms with Crippen molar-refractivity contribution >= 4 is 16.9 Å². The van der Waals surface area contributed by atoms with Gasteiger partial charge in [0, 0.05) is 44.3 Å². The van der Waals surface area contributed by atoms with Crippen molar-refractivity contribution in [1.29, 1.82) is 0 Å². The normalized spacial score (nSPS) is 25.9. The van der Waals surface area contributed by atoms with Crippen LogP contribution in [-0.2, 0) is 6.54 Å². The molecule has 6 nitrogen and oxygen atoms in total. The molecule has 1 N–H and O–H groups in total. The number of carbonyl (C=O) groups is 1. The topological polar surface area (TPSA) is 61.6 Å². The smallest absolute Gasteiger partial charge is 0.253 e. The van der Waals surface area contributed by atoms with E-state index < -0.39 is 0 Å². The fourth-order valence-electron chi connectivity index (χ4n) is 4.87. The molecule has 2 atom stereocenters. The van der Waals surface area contributed by atoms with Crippen molar-refractivity contribution in [3.8, 4) is 0 Å². The first-order valence-corrected chi connectivity index (χ1v) is 10.3. The Balaban J connectivity index is 1.35. The Kier molecular flexibility index (Phi) is 4.40. The van der Waals surface area contributed by atoms with Crippen molar-refractivity contribution in [3.63, 3.8) is 0 Å². The highest BCUT2D eigenvalue weighted by Gasteiger charge is 2.38. The van der Waals surface area contributed by atoms with Crippen LogP contribution in [0.1, 0.15) is 36.0 Å². The fourth-order valence-corrected chi connectivity index (χ4v) is 4.87. The van der Waals surface area contributed by atoms with E-state index in [9.17, 15) is 4.79 Å². The average molecular weight is 368 g/mol. The van der Waals surface area contributed by atoms with Crippen LogP contribution in [0.15, 0.2) is 24.5 Å². The number of hydrogen-bond acceptors (Lipinski definition) is 4. The number of piperidine rings is 1. The predicted molar refractivity (Wildman–Crippen MR) is 104 cm³/mol. The van der Waals surface area contributed by atoms with E-state index in [-0.39, 0.29) is 12.5 Å². The van der Waals surface area contributed by atoms with Crippen molar-refractivity contribution in [2.45, 2.75) is 38.3 Å². The third-order valence-electron chi connectivity index (χ3n) is 6.51. The molecular formula is C21H28N4O2. The van der Waals surface area contributed by atoms with Crippen molar-refractivity contribution in [2.24, 2.45) is 11.8 Å². The minimum atomic E-state index is 0.0834. The Bertz CT molecular complexity index is 844. The van der Waals surface area contributed by atoms with Crippen LogP contribution < -0.4 is 0 Å². The summed E-state index contributed by atoms with van der Waals surface area (Å²) < 4.78 is 1.92. The molecule has 1 aromatic heterocycles. The molecule has 0 spiro atoms. The summed E-state index contributed by atoms with van der Waals surface area (Å²) in [5.41, 5.74) is 2.52. The maximum Gasteiger partial charge on any atom is 0.253 e. The first-order valence-electron chi connectivity index (χ1n) is 10.3. The molecule has 4 aliphatic rings. The SMILES string of the molecule is O=C(c1ccc2c(c1)ncn2CCO)N1CC2CCC(C1)N(CC1CC1)C2. The van der Waals surface area contributed by atoms with E-state index in [4.69, 9.17) is 5.11 Å². The average Bonchev–Trinajstić information content (AvgIpc) is 3.47. The van der Waals surface area contributed by atoms with Crippen LogP contribution in [0.4, 0.5) is 0 Å². The number of imidazole rings is 1. The third-order valence-corrected chi connectivity index (χ3v) is 6.51. The summed E-state index contributed by atoms with van der Waals surface area (Å²) in [6, 6.07) is 6.30. The van der Waals surface area contributed by atoms with Crippen LogP contribution in [0, 0.1) is 11.8 Å². The molecule has 1 saturated carbocycles. The second kappa shape index (κ2) is 6.91. The second-order valence-corrected chi connectivity index (χ2v) is 8.57. The molecule has 144 valence electrons. The standard InChI is InChI=1S/C21H28N4O2/c26-8-7-23-14-22-19-9-17(4-6-20(19)23)21(27)25-12-16-3-5-18(13-25)24(11-16)10-15-1-2-15/h4,6,9,14-16,18,26H,1-3,5,7-8,10-13H2. The Morgan fingerprint density at radius 3 is 2.85 bits per heavy atom. The van der Waals surface area contributed by atoms with E-state index in [1.54, 1.807) is 6.33 Å². The van der Waals surface area contributed by atoms with Gasteiger partial charge in [0.1, 0.15) is 0 Å². The van der Waals surface area contributed by atoms with Crippen LogP contribution in [0.3, 0.4) is 0 Å². The minimum Gasteiger partial charge on any atom is -0.395 e. The lowest BCUT2D eigenvalue weighted by Crippen LogP contribution is -2.45. The van der Waals surface area contributed by atoms with Gasteiger partial charge in [0.15, 0.2) is 0 Å². The largest absolute Gasteiger partial charge is 0.395 e. The van der Waals surface area contributed by atoms with Gasteiger partial charge in [0.05, 0.1) is 24.0 Å². The molecule has 2 bridgehead atoms. The molecule has 1 aromatic carbocycles. The van der Waals surface area contributed by atoms with Crippen LogP contribution in [0.2, 0.25) is 0 Å². The summed E-state index contributed by atoms with van der Waals surface area (Å²) in [5, 5.41) is 9.16. The number of amides is 1. The lowest BCUT2D eigenvalue weighted by Gasteiger charge is -2.36. The highest BCUT2D eigenvalue weighted by atomic mass is 16.3. The van der Waals surface area contributed by atoms with Crippen LogP contribution in [0.25, 0.3) is 11.0 Å². The van der Waals surface area contributed by atoms with Crippen molar-refractivity contribution in [1.82, 2.24) is 19.4 Å². The molecule has 1 amide bonds. The van der Waals surface area contributed by atoms with Gasteiger partial charge in [-0.05, 0) is 55.7 Å². The first-order chi connectivity index (χ1) is 13.2. The lowest BCUT2D eigenvalue weighted by atomic mass is 9.95. The Labute approximate surface area is 159 Å². The number of hydrogen-bond donors (Lipinski definition) is 1. The number of aliphatic hydroxyl groups is 1. The number of rotatable bonds is 5. The number of carbonyl (C=O) groups excluding carboxylic acids is 1. The molecular weight excluding hydrogens is 340 g/mol. The molecule has 1 aliphatic carbocycles. The summed E-state index contributed by atoms with van der Waals surface area (Å²) in [5.74, 6) is 1.66. The van der Waals surface area contributed by atoms with E-state index >= 15 is 0 Å². The zero-order chi connectivity index (χ0) is 18.4. The number of aromatic nitrogens is 2. The second-order valence-electron chi connectivity index (χ2n) is 8.57. The molecule has 0 radical (unpaired) electrons. The maximum atomic E-state index is 13.2. The van der Waals surface area contributed by atoms with Gasteiger partial charge in [-0.1, -0.05) is 0 Å². The third kappa shape index (κ3) is 3.36. The quantitative estimate of drug-likeness (QED) is 0.877. The van der Waals surface area contributed by atoms with Crippen molar-refractivity contribution < 1.29 is 9.90 Å². The number of benzene rings is 1.